The van der Waals surface area contributed by atoms with Crippen LogP contribution >= 0.6 is 0 Å². The van der Waals surface area contributed by atoms with Gasteiger partial charge in [0, 0.05) is 17.8 Å². The Balaban J connectivity index is 1.82. The Morgan fingerprint density at radius 3 is 2.63 bits per heavy atom. The molecule has 0 aliphatic carbocycles. The van der Waals surface area contributed by atoms with Crippen LogP contribution in [0.1, 0.15) is 69.6 Å². The molecule has 0 amide bonds. The van der Waals surface area contributed by atoms with Crippen molar-refractivity contribution in [3.8, 4) is 6.07 Å². The van der Waals surface area contributed by atoms with Crippen LogP contribution in [0.15, 0.2) is 71.3 Å². The Labute approximate surface area is 207 Å². The molecule has 2 unspecified atom stereocenters. The third kappa shape index (κ3) is 4.51. The van der Waals surface area contributed by atoms with E-state index in [4.69, 9.17) is 15.2 Å². The molecule has 0 fully saturated rings. The van der Waals surface area contributed by atoms with Gasteiger partial charge in [0.25, 0.3) is 0 Å². The first kappa shape index (κ1) is 24.4. The van der Waals surface area contributed by atoms with Crippen LogP contribution in [0.5, 0.6) is 0 Å². The highest BCUT2D eigenvalue weighted by Crippen LogP contribution is 2.47. The minimum absolute atomic E-state index is 0.0284. The number of nitrogens with two attached hydrogens (primary N) is 1. The molecule has 35 heavy (non-hydrogen) atoms. The smallest absolute Gasteiger partial charge is 0.338 e. The topological polar surface area (TPSA) is 88.6 Å². The molecule has 182 valence electrons. The summed E-state index contributed by atoms with van der Waals surface area (Å²) in [6.07, 6.45) is 0.979. The van der Waals surface area contributed by atoms with Crippen molar-refractivity contribution in [3.05, 3.63) is 88.0 Å². The Hall–Kier alpha value is -3.72. The molecular weight excluding hydrogens is 438 g/mol. The number of anilines is 1. The van der Waals surface area contributed by atoms with E-state index in [0.29, 0.717) is 17.3 Å². The van der Waals surface area contributed by atoms with Gasteiger partial charge in [-0.05, 0) is 62.8 Å². The fourth-order valence-corrected chi connectivity index (χ4v) is 5.44. The standard InChI is InChI=1S/C29H33N3O3/c1-6-34-28(33)25-19(3)35-27(31)23(16-30)26(25)21-12-13-24-22(14-21)18(2)15-29(4,5)32(24)17-20-10-8-7-9-11-20/h7-14,18,26H,6,15,17,31H2,1-5H3. The van der Waals surface area contributed by atoms with Crippen molar-refractivity contribution in [3.63, 3.8) is 0 Å². The van der Waals surface area contributed by atoms with Crippen molar-refractivity contribution >= 4 is 11.7 Å². The molecule has 4 rings (SSSR count). The summed E-state index contributed by atoms with van der Waals surface area (Å²) >= 11 is 0. The van der Waals surface area contributed by atoms with Gasteiger partial charge in [-0.1, -0.05) is 49.4 Å². The number of esters is 1. The number of hydrogen-bond acceptors (Lipinski definition) is 6. The van der Waals surface area contributed by atoms with E-state index >= 15 is 0 Å². The molecule has 0 saturated carbocycles. The first-order chi connectivity index (χ1) is 16.7. The second-order valence-corrected chi connectivity index (χ2v) is 9.92. The highest BCUT2D eigenvalue weighted by atomic mass is 16.5. The first-order valence-electron chi connectivity index (χ1n) is 12.1. The molecule has 2 aromatic rings. The van der Waals surface area contributed by atoms with Gasteiger partial charge in [0.1, 0.15) is 17.4 Å². The summed E-state index contributed by atoms with van der Waals surface area (Å²) in [6.45, 7) is 11.3. The third-order valence-corrected chi connectivity index (χ3v) is 7.03. The number of carbonyl (C=O) groups is 1. The molecule has 6 heteroatoms. The zero-order valence-corrected chi connectivity index (χ0v) is 21.1. The summed E-state index contributed by atoms with van der Waals surface area (Å²) in [5.74, 6) is -0.436. The summed E-state index contributed by atoms with van der Waals surface area (Å²) in [4.78, 5) is 15.4. The zero-order valence-electron chi connectivity index (χ0n) is 21.1. The third-order valence-electron chi connectivity index (χ3n) is 7.03. The number of ether oxygens (including phenoxy) is 2. The van der Waals surface area contributed by atoms with Gasteiger partial charge < -0.3 is 20.1 Å². The number of benzene rings is 2. The molecule has 2 atom stereocenters. The lowest BCUT2D eigenvalue weighted by Crippen LogP contribution is -2.47. The summed E-state index contributed by atoms with van der Waals surface area (Å²) in [7, 11) is 0. The minimum atomic E-state index is -0.636. The molecule has 0 radical (unpaired) electrons. The van der Waals surface area contributed by atoms with Crippen LogP contribution in [0.25, 0.3) is 0 Å². The normalized spacial score (nSPS) is 21.2. The highest BCUT2D eigenvalue weighted by molar-refractivity contribution is 5.92. The number of carbonyl (C=O) groups excluding carboxylic acids is 1. The van der Waals surface area contributed by atoms with Gasteiger partial charge >= 0.3 is 5.97 Å². The van der Waals surface area contributed by atoms with Gasteiger partial charge in [-0.3, -0.25) is 0 Å². The van der Waals surface area contributed by atoms with Gasteiger partial charge in [0.2, 0.25) is 5.88 Å². The van der Waals surface area contributed by atoms with Crippen LogP contribution in [0, 0.1) is 11.3 Å². The molecule has 6 nitrogen and oxygen atoms in total. The summed E-state index contributed by atoms with van der Waals surface area (Å²) < 4.78 is 10.9. The number of nitrogens with zero attached hydrogens (tertiary/aromatic N) is 2. The number of fused-ring (bicyclic) bond motifs is 1. The molecule has 0 aromatic heterocycles. The number of allylic oxidation sites excluding steroid dienone is 2. The van der Waals surface area contributed by atoms with E-state index < -0.39 is 11.9 Å². The fourth-order valence-electron chi connectivity index (χ4n) is 5.44. The zero-order chi connectivity index (χ0) is 25.3. The Bertz CT molecular complexity index is 1240. The molecule has 0 spiro atoms. The summed E-state index contributed by atoms with van der Waals surface area (Å²) in [5.41, 5.74) is 11.1. The predicted octanol–water partition coefficient (Wildman–Crippen LogP) is 5.62. The van der Waals surface area contributed by atoms with E-state index in [1.165, 1.54) is 16.8 Å². The molecule has 2 heterocycles. The van der Waals surface area contributed by atoms with Crippen molar-refractivity contribution in [1.29, 1.82) is 5.26 Å². The van der Waals surface area contributed by atoms with Crippen LogP contribution in [-0.4, -0.2) is 18.1 Å². The number of rotatable bonds is 5. The van der Waals surface area contributed by atoms with Crippen molar-refractivity contribution in [2.24, 2.45) is 5.73 Å². The van der Waals surface area contributed by atoms with Crippen molar-refractivity contribution < 1.29 is 14.3 Å². The molecule has 0 saturated heterocycles. The molecule has 2 aliphatic heterocycles. The van der Waals surface area contributed by atoms with Gasteiger partial charge in [-0.25, -0.2) is 4.79 Å². The predicted molar refractivity (Wildman–Crippen MR) is 136 cm³/mol. The van der Waals surface area contributed by atoms with Crippen LogP contribution in [0.2, 0.25) is 0 Å². The van der Waals surface area contributed by atoms with E-state index in [-0.39, 0.29) is 23.6 Å². The number of nitriles is 1. The van der Waals surface area contributed by atoms with Crippen LogP contribution in [0.3, 0.4) is 0 Å². The van der Waals surface area contributed by atoms with Crippen molar-refractivity contribution in [2.45, 2.75) is 65.0 Å². The molecular formula is C29H33N3O3. The summed E-state index contributed by atoms with van der Waals surface area (Å²) in [5, 5.41) is 9.92. The van der Waals surface area contributed by atoms with Crippen molar-refractivity contribution in [2.75, 3.05) is 11.5 Å². The van der Waals surface area contributed by atoms with Crippen LogP contribution in [0.4, 0.5) is 5.69 Å². The summed E-state index contributed by atoms with van der Waals surface area (Å²) in [6, 6.07) is 18.9. The Kier molecular flexibility index (Phi) is 6.62. The highest BCUT2D eigenvalue weighted by Gasteiger charge is 2.39. The lowest BCUT2D eigenvalue weighted by molar-refractivity contribution is -0.139. The first-order valence-corrected chi connectivity index (χ1v) is 12.1. The largest absolute Gasteiger partial charge is 0.463 e. The van der Waals surface area contributed by atoms with Gasteiger partial charge in [-0.2, -0.15) is 5.26 Å². The van der Waals surface area contributed by atoms with Crippen molar-refractivity contribution in [1.82, 2.24) is 0 Å². The average Bonchev–Trinajstić information content (AvgIpc) is 2.81. The van der Waals surface area contributed by atoms with Crippen LogP contribution in [-0.2, 0) is 20.8 Å². The molecule has 2 N–H and O–H groups in total. The lowest BCUT2D eigenvalue weighted by Gasteiger charge is -2.48. The maximum absolute atomic E-state index is 12.9. The molecule has 2 aromatic carbocycles. The van der Waals surface area contributed by atoms with Gasteiger partial charge in [0.05, 0.1) is 18.1 Å². The minimum Gasteiger partial charge on any atom is -0.463 e. The van der Waals surface area contributed by atoms with E-state index in [1.807, 2.05) is 12.1 Å². The lowest BCUT2D eigenvalue weighted by atomic mass is 9.76. The van der Waals surface area contributed by atoms with E-state index in [2.05, 4.69) is 68.1 Å². The van der Waals surface area contributed by atoms with E-state index in [1.54, 1.807) is 13.8 Å². The van der Waals surface area contributed by atoms with Gasteiger partial charge in [-0.15, -0.1) is 0 Å². The Morgan fingerprint density at radius 2 is 1.97 bits per heavy atom. The number of hydrogen-bond donors (Lipinski definition) is 1. The van der Waals surface area contributed by atoms with E-state index in [9.17, 15) is 10.1 Å². The second-order valence-electron chi connectivity index (χ2n) is 9.92. The molecule has 0 bridgehead atoms. The van der Waals surface area contributed by atoms with Crippen LogP contribution < -0.4 is 10.6 Å². The Morgan fingerprint density at radius 1 is 1.26 bits per heavy atom. The maximum atomic E-state index is 12.9. The maximum Gasteiger partial charge on any atom is 0.338 e. The second kappa shape index (κ2) is 9.50. The van der Waals surface area contributed by atoms with E-state index in [0.717, 1.165) is 18.5 Å². The monoisotopic (exact) mass is 471 g/mol. The average molecular weight is 472 g/mol. The molecule has 2 aliphatic rings. The SMILES string of the molecule is CCOC(=O)C1=C(C)OC(N)=C(C#N)C1c1ccc2c(c1)C(C)CC(C)(C)N2Cc1ccccc1. The fraction of sp³-hybridized carbons (Fsp3) is 0.379. The van der Waals surface area contributed by atoms with Gasteiger partial charge in [0.15, 0.2) is 0 Å². The quantitative estimate of drug-likeness (QED) is 0.569.